The van der Waals surface area contributed by atoms with E-state index >= 15 is 0 Å². The Hall–Kier alpha value is -0.340. The molecule has 0 bridgehead atoms. The first-order chi connectivity index (χ1) is 10.7. The lowest BCUT2D eigenvalue weighted by molar-refractivity contribution is 0.181. The summed E-state index contributed by atoms with van der Waals surface area (Å²) in [5.74, 6) is 1.60. The van der Waals surface area contributed by atoms with E-state index in [9.17, 15) is 0 Å². The number of nitrogens with one attached hydrogen (secondary N) is 1. The van der Waals surface area contributed by atoms with Gasteiger partial charge in [0, 0.05) is 44.2 Å². The topological polar surface area (TPSA) is 36.9 Å². The second-order valence-electron chi connectivity index (χ2n) is 5.82. The highest BCUT2D eigenvalue weighted by molar-refractivity contribution is 14.0. The Morgan fingerprint density at radius 2 is 2.30 bits per heavy atom. The minimum atomic E-state index is 0. The van der Waals surface area contributed by atoms with Gasteiger partial charge in [-0.15, -0.1) is 24.0 Å². The van der Waals surface area contributed by atoms with Gasteiger partial charge in [-0.1, -0.05) is 28.1 Å². The first kappa shape index (κ1) is 20.7. The third-order valence-electron chi connectivity index (χ3n) is 3.94. The number of halogens is 2. The summed E-state index contributed by atoms with van der Waals surface area (Å²) in [7, 11) is 3.94. The number of rotatable bonds is 6. The van der Waals surface area contributed by atoms with Crippen molar-refractivity contribution in [3.8, 4) is 0 Å². The Labute approximate surface area is 165 Å². The SMILES string of the molecule is CN=C(NCCCc1cccc(Br)c1)N(C)CC1CCOC1.I. The van der Waals surface area contributed by atoms with E-state index in [1.165, 1.54) is 5.56 Å². The maximum Gasteiger partial charge on any atom is 0.193 e. The molecule has 1 aromatic carbocycles. The normalized spacial score (nSPS) is 17.7. The van der Waals surface area contributed by atoms with Crippen LogP contribution in [0.3, 0.4) is 0 Å². The van der Waals surface area contributed by atoms with Crippen LogP contribution in [-0.4, -0.2) is 51.3 Å². The van der Waals surface area contributed by atoms with Gasteiger partial charge in [0.15, 0.2) is 5.96 Å². The lowest BCUT2D eigenvalue weighted by atomic mass is 10.1. The van der Waals surface area contributed by atoms with Gasteiger partial charge in [-0.05, 0) is 37.0 Å². The van der Waals surface area contributed by atoms with Gasteiger partial charge in [-0.25, -0.2) is 0 Å². The fraction of sp³-hybridized carbons (Fsp3) is 0.588. The Morgan fingerprint density at radius 3 is 2.96 bits per heavy atom. The second kappa shape index (κ2) is 11.3. The predicted octanol–water partition coefficient (Wildman–Crippen LogP) is 3.54. The average Bonchev–Trinajstić information content (AvgIpc) is 3.00. The quantitative estimate of drug-likeness (QED) is 0.284. The van der Waals surface area contributed by atoms with Gasteiger partial charge in [0.25, 0.3) is 0 Å². The van der Waals surface area contributed by atoms with Gasteiger partial charge in [-0.3, -0.25) is 4.99 Å². The summed E-state index contributed by atoms with van der Waals surface area (Å²) in [6, 6.07) is 8.50. The number of guanidine groups is 1. The van der Waals surface area contributed by atoms with Crippen molar-refractivity contribution in [2.75, 3.05) is 40.4 Å². The van der Waals surface area contributed by atoms with Crippen molar-refractivity contribution in [1.29, 1.82) is 0 Å². The van der Waals surface area contributed by atoms with Crippen molar-refractivity contribution < 1.29 is 4.74 Å². The third-order valence-corrected chi connectivity index (χ3v) is 4.44. The minimum Gasteiger partial charge on any atom is -0.381 e. The number of benzene rings is 1. The van der Waals surface area contributed by atoms with Crippen LogP contribution >= 0.6 is 39.9 Å². The third kappa shape index (κ3) is 7.39. The van der Waals surface area contributed by atoms with Gasteiger partial charge >= 0.3 is 0 Å². The molecular weight excluding hydrogens is 469 g/mol. The molecule has 1 aliphatic heterocycles. The summed E-state index contributed by atoms with van der Waals surface area (Å²) >= 11 is 3.51. The Kier molecular flexibility index (Phi) is 10.1. The van der Waals surface area contributed by atoms with Crippen LogP contribution in [0.5, 0.6) is 0 Å². The Bertz CT molecular complexity index is 492. The summed E-state index contributed by atoms with van der Waals surface area (Å²) in [5, 5.41) is 3.45. The summed E-state index contributed by atoms with van der Waals surface area (Å²) in [5.41, 5.74) is 1.36. The molecule has 1 fully saturated rings. The van der Waals surface area contributed by atoms with Crippen LogP contribution in [-0.2, 0) is 11.2 Å². The van der Waals surface area contributed by atoms with Crippen LogP contribution in [0.2, 0.25) is 0 Å². The predicted molar refractivity (Wildman–Crippen MR) is 111 cm³/mol. The molecule has 1 aliphatic rings. The lowest BCUT2D eigenvalue weighted by Crippen LogP contribution is -2.41. The fourth-order valence-electron chi connectivity index (χ4n) is 2.77. The Morgan fingerprint density at radius 1 is 1.48 bits per heavy atom. The molecule has 0 radical (unpaired) electrons. The first-order valence-electron chi connectivity index (χ1n) is 7.93. The van der Waals surface area contributed by atoms with Crippen molar-refractivity contribution in [3.05, 3.63) is 34.3 Å². The highest BCUT2D eigenvalue weighted by Gasteiger charge is 2.18. The number of aryl methyl sites for hydroxylation is 1. The molecular formula is C17H27BrIN3O. The van der Waals surface area contributed by atoms with Crippen LogP contribution < -0.4 is 5.32 Å². The Balaban J connectivity index is 0.00000264. The molecule has 0 saturated carbocycles. The van der Waals surface area contributed by atoms with Crippen molar-refractivity contribution in [1.82, 2.24) is 10.2 Å². The molecule has 1 unspecified atom stereocenters. The largest absolute Gasteiger partial charge is 0.381 e. The number of hydrogen-bond donors (Lipinski definition) is 1. The monoisotopic (exact) mass is 495 g/mol. The molecule has 1 saturated heterocycles. The molecule has 0 amide bonds. The molecule has 2 rings (SSSR count). The molecule has 1 N–H and O–H groups in total. The average molecular weight is 496 g/mol. The summed E-state index contributed by atoms with van der Waals surface area (Å²) in [4.78, 5) is 6.58. The zero-order valence-corrected chi connectivity index (χ0v) is 17.8. The van der Waals surface area contributed by atoms with E-state index < -0.39 is 0 Å². The number of ether oxygens (including phenoxy) is 1. The van der Waals surface area contributed by atoms with Crippen molar-refractivity contribution in [3.63, 3.8) is 0 Å². The number of aliphatic imine (C=N–C) groups is 1. The van der Waals surface area contributed by atoms with E-state index in [1.807, 2.05) is 7.05 Å². The van der Waals surface area contributed by atoms with Crippen LogP contribution in [0.15, 0.2) is 33.7 Å². The van der Waals surface area contributed by atoms with E-state index in [0.29, 0.717) is 5.92 Å². The first-order valence-corrected chi connectivity index (χ1v) is 8.72. The molecule has 4 nitrogen and oxygen atoms in total. The van der Waals surface area contributed by atoms with Crippen molar-refractivity contribution >= 4 is 45.9 Å². The van der Waals surface area contributed by atoms with Gasteiger partial charge in [0.2, 0.25) is 0 Å². The van der Waals surface area contributed by atoms with E-state index in [-0.39, 0.29) is 24.0 Å². The zero-order chi connectivity index (χ0) is 15.8. The smallest absolute Gasteiger partial charge is 0.193 e. The number of hydrogen-bond acceptors (Lipinski definition) is 2. The highest BCUT2D eigenvalue weighted by Crippen LogP contribution is 2.14. The van der Waals surface area contributed by atoms with E-state index in [1.54, 1.807) is 0 Å². The van der Waals surface area contributed by atoms with Crippen LogP contribution in [0.25, 0.3) is 0 Å². The maximum atomic E-state index is 5.44. The summed E-state index contributed by atoms with van der Waals surface area (Å²) in [6.45, 7) is 3.72. The van der Waals surface area contributed by atoms with E-state index in [2.05, 4.69) is 62.5 Å². The molecule has 0 aliphatic carbocycles. The molecule has 6 heteroatoms. The fourth-order valence-corrected chi connectivity index (χ4v) is 3.22. The van der Waals surface area contributed by atoms with Crippen LogP contribution in [0.1, 0.15) is 18.4 Å². The molecule has 1 atom stereocenters. The molecule has 23 heavy (non-hydrogen) atoms. The standard InChI is InChI=1S/C17H26BrN3O.HI/c1-19-17(21(2)12-15-8-10-22-13-15)20-9-4-6-14-5-3-7-16(18)11-14;/h3,5,7,11,15H,4,6,8-10,12-13H2,1-2H3,(H,19,20);1H. The molecule has 0 aromatic heterocycles. The van der Waals surface area contributed by atoms with Gasteiger partial charge in [0.05, 0.1) is 6.61 Å². The van der Waals surface area contributed by atoms with E-state index in [4.69, 9.17) is 4.74 Å². The summed E-state index contributed by atoms with van der Waals surface area (Å²) in [6.07, 6.45) is 3.32. The molecule has 130 valence electrons. The molecule has 0 spiro atoms. The van der Waals surface area contributed by atoms with Crippen molar-refractivity contribution in [2.45, 2.75) is 19.3 Å². The van der Waals surface area contributed by atoms with Crippen molar-refractivity contribution in [2.24, 2.45) is 10.9 Å². The highest BCUT2D eigenvalue weighted by atomic mass is 127. The van der Waals surface area contributed by atoms with Gasteiger partial charge < -0.3 is 15.0 Å². The lowest BCUT2D eigenvalue weighted by Gasteiger charge is -2.24. The van der Waals surface area contributed by atoms with Gasteiger partial charge in [-0.2, -0.15) is 0 Å². The van der Waals surface area contributed by atoms with Crippen LogP contribution in [0, 0.1) is 5.92 Å². The number of nitrogens with zero attached hydrogens (tertiary/aromatic N) is 2. The van der Waals surface area contributed by atoms with Gasteiger partial charge in [0.1, 0.15) is 0 Å². The maximum absolute atomic E-state index is 5.44. The zero-order valence-electron chi connectivity index (χ0n) is 13.9. The molecule has 1 heterocycles. The minimum absolute atomic E-state index is 0. The molecule has 1 aromatic rings. The van der Waals surface area contributed by atoms with E-state index in [0.717, 1.165) is 56.0 Å². The second-order valence-corrected chi connectivity index (χ2v) is 6.73. The van der Waals surface area contributed by atoms with Crippen LogP contribution in [0.4, 0.5) is 0 Å². The summed E-state index contributed by atoms with van der Waals surface area (Å²) < 4.78 is 6.58.